The Morgan fingerprint density at radius 1 is 1.50 bits per heavy atom. The maximum Gasteiger partial charge on any atom is 0.203 e. The van der Waals surface area contributed by atoms with Crippen LogP contribution in [0.5, 0.6) is 5.75 Å². The number of methoxy groups -OCH3 is 1. The molecule has 0 fully saturated rings. The molecule has 0 spiro atoms. The average Bonchev–Trinajstić information content (AvgIpc) is 2.75. The molecular formula is C12H12FN3OS. The van der Waals surface area contributed by atoms with E-state index in [-0.39, 0.29) is 5.75 Å². The topological polar surface area (TPSA) is 46.5 Å². The zero-order valence-electron chi connectivity index (χ0n) is 9.98. The van der Waals surface area contributed by atoms with Crippen LogP contribution in [0.3, 0.4) is 0 Å². The lowest BCUT2D eigenvalue weighted by atomic mass is 10.2. The minimum Gasteiger partial charge on any atom is -0.494 e. The van der Waals surface area contributed by atoms with E-state index in [1.807, 2.05) is 12.3 Å². The SMILES string of the molecule is COc1ccc(C=NNc2nc(C)cs2)cc1F. The second-order valence-corrected chi connectivity index (χ2v) is 4.42. The number of hydrazone groups is 1. The van der Waals surface area contributed by atoms with E-state index in [4.69, 9.17) is 4.74 Å². The maximum absolute atomic E-state index is 13.4. The average molecular weight is 265 g/mol. The van der Waals surface area contributed by atoms with Gasteiger partial charge >= 0.3 is 0 Å². The number of aromatic nitrogens is 1. The molecule has 2 aromatic rings. The van der Waals surface area contributed by atoms with E-state index in [9.17, 15) is 4.39 Å². The summed E-state index contributed by atoms with van der Waals surface area (Å²) in [5.41, 5.74) is 4.37. The van der Waals surface area contributed by atoms with Crippen molar-refractivity contribution in [1.82, 2.24) is 4.98 Å². The Balaban J connectivity index is 2.03. The van der Waals surface area contributed by atoms with Gasteiger partial charge in [-0.15, -0.1) is 11.3 Å². The van der Waals surface area contributed by atoms with Crippen molar-refractivity contribution >= 4 is 22.7 Å². The van der Waals surface area contributed by atoms with Crippen LogP contribution < -0.4 is 10.2 Å². The van der Waals surface area contributed by atoms with Crippen molar-refractivity contribution in [3.63, 3.8) is 0 Å². The standard InChI is InChI=1S/C12H12FN3OS/c1-8-7-18-12(15-8)16-14-6-9-3-4-11(17-2)10(13)5-9/h3-7H,1-2H3,(H,15,16). The number of anilines is 1. The molecule has 0 unspecified atom stereocenters. The second kappa shape index (κ2) is 5.59. The van der Waals surface area contributed by atoms with Gasteiger partial charge in [0.25, 0.3) is 0 Å². The number of thiazole rings is 1. The van der Waals surface area contributed by atoms with Gasteiger partial charge in [0.05, 0.1) is 19.0 Å². The fourth-order valence-corrected chi connectivity index (χ4v) is 1.97. The summed E-state index contributed by atoms with van der Waals surface area (Å²) >= 11 is 1.46. The number of rotatable bonds is 4. The van der Waals surface area contributed by atoms with Crippen molar-refractivity contribution < 1.29 is 9.13 Å². The molecule has 0 bridgehead atoms. The van der Waals surface area contributed by atoms with E-state index in [2.05, 4.69) is 15.5 Å². The van der Waals surface area contributed by atoms with Crippen LogP contribution in [0.1, 0.15) is 11.3 Å². The summed E-state index contributed by atoms with van der Waals surface area (Å²) in [5.74, 6) is -0.192. The lowest BCUT2D eigenvalue weighted by Crippen LogP contribution is -1.93. The molecule has 0 atom stereocenters. The molecule has 0 saturated carbocycles. The maximum atomic E-state index is 13.4. The van der Waals surface area contributed by atoms with Crippen LogP contribution in [0.4, 0.5) is 9.52 Å². The first-order valence-corrected chi connectivity index (χ1v) is 6.12. The van der Waals surface area contributed by atoms with Crippen LogP contribution in [0, 0.1) is 12.7 Å². The molecule has 94 valence electrons. The fraction of sp³-hybridized carbons (Fsp3) is 0.167. The lowest BCUT2D eigenvalue weighted by Gasteiger charge is -2.01. The van der Waals surface area contributed by atoms with Crippen LogP contribution in [0.2, 0.25) is 0 Å². The van der Waals surface area contributed by atoms with Gasteiger partial charge in [-0.2, -0.15) is 5.10 Å². The van der Waals surface area contributed by atoms with E-state index in [1.54, 1.807) is 12.1 Å². The summed E-state index contributed by atoms with van der Waals surface area (Å²) < 4.78 is 18.2. The van der Waals surface area contributed by atoms with Crippen LogP contribution in [0.15, 0.2) is 28.7 Å². The Morgan fingerprint density at radius 2 is 2.33 bits per heavy atom. The van der Waals surface area contributed by atoms with Crippen molar-refractivity contribution in [2.75, 3.05) is 12.5 Å². The summed E-state index contributed by atoms with van der Waals surface area (Å²) in [6, 6.07) is 4.64. The molecule has 2 rings (SSSR count). The third kappa shape index (κ3) is 3.04. The molecule has 4 nitrogen and oxygen atoms in total. The third-order valence-electron chi connectivity index (χ3n) is 2.17. The molecular weight excluding hydrogens is 253 g/mol. The number of nitrogens with one attached hydrogen (secondary N) is 1. The third-order valence-corrected chi connectivity index (χ3v) is 3.03. The van der Waals surface area contributed by atoms with Crippen LogP contribution in [0.25, 0.3) is 0 Å². The Kier molecular flexibility index (Phi) is 3.88. The summed E-state index contributed by atoms with van der Waals surface area (Å²) in [6.45, 7) is 1.91. The number of aryl methyl sites for hydroxylation is 1. The highest BCUT2D eigenvalue weighted by molar-refractivity contribution is 7.13. The number of hydrogen-bond donors (Lipinski definition) is 1. The molecule has 1 N–H and O–H groups in total. The highest BCUT2D eigenvalue weighted by atomic mass is 32.1. The van der Waals surface area contributed by atoms with Crippen LogP contribution in [-0.2, 0) is 0 Å². The van der Waals surface area contributed by atoms with E-state index in [1.165, 1.54) is 30.7 Å². The van der Waals surface area contributed by atoms with E-state index >= 15 is 0 Å². The molecule has 0 saturated heterocycles. The van der Waals surface area contributed by atoms with Crippen molar-refractivity contribution in [1.29, 1.82) is 0 Å². The minimum atomic E-state index is -0.411. The Labute approximate surface area is 108 Å². The highest BCUT2D eigenvalue weighted by Crippen LogP contribution is 2.17. The van der Waals surface area contributed by atoms with Gasteiger partial charge < -0.3 is 4.74 Å². The number of ether oxygens (including phenoxy) is 1. The Bertz CT molecular complexity index is 568. The molecule has 18 heavy (non-hydrogen) atoms. The number of hydrogen-bond acceptors (Lipinski definition) is 5. The largest absolute Gasteiger partial charge is 0.494 e. The monoisotopic (exact) mass is 265 g/mol. The van der Waals surface area contributed by atoms with E-state index in [0.717, 1.165) is 5.69 Å². The Morgan fingerprint density at radius 3 is 2.94 bits per heavy atom. The molecule has 0 aliphatic carbocycles. The number of benzene rings is 1. The quantitative estimate of drug-likeness (QED) is 0.682. The van der Waals surface area contributed by atoms with Crippen molar-refractivity contribution in [3.8, 4) is 5.75 Å². The predicted molar refractivity (Wildman–Crippen MR) is 71.0 cm³/mol. The van der Waals surface area contributed by atoms with Crippen LogP contribution >= 0.6 is 11.3 Å². The first-order chi connectivity index (χ1) is 8.69. The molecule has 1 heterocycles. The summed E-state index contributed by atoms with van der Waals surface area (Å²) in [6.07, 6.45) is 1.53. The zero-order chi connectivity index (χ0) is 13.0. The van der Waals surface area contributed by atoms with Gasteiger partial charge in [0.15, 0.2) is 11.6 Å². The molecule has 1 aromatic heterocycles. The normalized spacial score (nSPS) is 10.8. The summed E-state index contributed by atoms with van der Waals surface area (Å²) in [7, 11) is 1.43. The number of nitrogens with zero attached hydrogens (tertiary/aromatic N) is 2. The molecule has 6 heteroatoms. The zero-order valence-corrected chi connectivity index (χ0v) is 10.8. The van der Waals surface area contributed by atoms with Gasteiger partial charge in [-0.25, -0.2) is 9.37 Å². The van der Waals surface area contributed by atoms with Gasteiger partial charge in [0, 0.05) is 5.38 Å². The lowest BCUT2D eigenvalue weighted by molar-refractivity contribution is 0.386. The first-order valence-electron chi connectivity index (χ1n) is 5.24. The smallest absolute Gasteiger partial charge is 0.203 e. The molecule has 1 aromatic carbocycles. The molecule has 0 radical (unpaired) electrons. The van der Waals surface area contributed by atoms with Gasteiger partial charge in [-0.3, -0.25) is 5.43 Å². The predicted octanol–water partition coefficient (Wildman–Crippen LogP) is 3.05. The Hall–Kier alpha value is -1.95. The van der Waals surface area contributed by atoms with Gasteiger partial charge in [0.2, 0.25) is 5.13 Å². The summed E-state index contributed by atoms with van der Waals surface area (Å²) in [4.78, 5) is 4.19. The van der Waals surface area contributed by atoms with Gasteiger partial charge in [-0.1, -0.05) is 0 Å². The van der Waals surface area contributed by atoms with Crippen LogP contribution in [-0.4, -0.2) is 18.3 Å². The number of halogens is 1. The van der Waals surface area contributed by atoms with Gasteiger partial charge in [0.1, 0.15) is 0 Å². The van der Waals surface area contributed by atoms with Gasteiger partial charge in [-0.05, 0) is 30.7 Å². The first kappa shape index (κ1) is 12.5. The fourth-order valence-electron chi connectivity index (χ4n) is 1.33. The molecule has 0 aliphatic heterocycles. The van der Waals surface area contributed by atoms with Crippen molar-refractivity contribution in [3.05, 3.63) is 40.7 Å². The molecule has 0 aliphatic rings. The van der Waals surface area contributed by atoms with E-state index < -0.39 is 5.82 Å². The second-order valence-electron chi connectivity index (χ2n) is 3.56. The van der Waals surface area contributed by atoms with Crippen molar-refractivity contribution in [2.45, 2.75) is 6.92 Å². The summed E-state index contributed by atoms with van der Waals surface area (Å²) in [5, 5.41) is 6.61. The van der Waals surface area contributed by atoms with Crippen molar-refractivity contribution in [2.24, 2.45) is 5.10 Å². The highest BCUT2D eigenvalue weighted by Gasteiger charge is 2.01. The minimum absolute atomic E-state index is 0.218. The molecule has 0 amide bonds. The van der Waals surface area contributed by atoms with E-state index in [0.29, 0.717) is 10.7 Å².